The lowest BCUT2D eigenvalue weighted by Crippen LogP contribution is -2.37. The normalized spacial score (nSPS) is 11.7. The lowest BCUT2D eigenvalue weighted by Gasteiger charge is -2.13. The Bertz CT molecular complexity index is 800. The molecule has 0 saturated heterocycles. The quantitative estimate of drug-likeness (QED) is 0.382. The van der Waals surface area contributed by atoms with Gasteiger partial charge < -0.3 is 15.4 Å². The Labute approximate surface area is 173 Å². The van der Waals surface area contributed by atoms with E-state index in [-0.39, 0.29) is 0 Å². The molecular weight excluding hydrogens is 370 g/mol. The first-order valence-corrected chi connectivity index (χ1v) is 10.9. The van der Waals surface area contributed by atoms with Gasteiger partial charge in [-0.2, -0.15) is 5.10 Å². The fourth-order valence-electron chi connectivity index (χ4n) is 3.05. The number of aromatic nitrogens is 2. The molecule has 154 valence electrons. The lowest BCUT2D eigenvalue weighted by molar-refractivity contribution is 0.182. The fraction of sp³-hybridized carbons (Fsp3) is 0.524. The van der Waals surface area contributed by atoms with Gasteiger partial charge in [0.05, 0.1) is 25.4 Å². The molecule has 6 nitrogen and oxygen atoms in total. The van der Waals surface area contributed by atoms with Crippen molar-refractivity contribution in [1.82, 2.24) is 20.4 Å². The van der Waals surface area contributed by atoms with Gasteiger partial charge in [-0.3, -0.25) is 4.68 Å². The minimum atomic E-state index is 0.650. The molecule has 0 atom stereocenters. The van der Waals surface area contributed by atoms with Gasteiger partial charge in [0.15, 0.2) is 5.96 Å². The summed E-state index contributed by atoms with van der Waals surface area (Å²) in [6.45, 7) is 11.9. The number of aliphatic imine (C=N–C) groups is 1. The van der Waals surface area contributed by atoms with E-state index in [0.29, 0.717) is 19.7 Å². The molecule has 0 amide bonds. The van der Waals surface area contributed by atoms with Crippen LogP contribution in [-0.4, -0.2) is 42.3 Å². The Morgan fingerprint density at radius 3 is 2.71 bits per heavy atom. The monoisotopic (exact) mass is 403 g/mol. The van der Waals surface area contributed by atoms with Gasteiger partial charge in [0.1, 0.15) is 0 Å². The van der Waals surface area contributed by atoms with Gasteiger partial charge in [-0.25, -0.2) is 4.99 Å². The SMILES string of the molecule is CCNC(=NCc1ccc(C)cc1SC)NCc1c(C)nn(CCOC)c1C. The maximum Gasteiger partial charge on any atom is 0.191 e. The molecule has 0 aliphatic rings. The highest BCUT2D eigenvalue weighted by Crippen LogP contribution is 2.22. The van der Waals surface area contributed by atoms with E-state index in [0.717, 1.165) is 24.7 Å². The van der Waals surface area contributed by atoms with Crippen molar-refractivity contribution in [1.29, 1.82) is 0 Å². The van der Waals surface area contributed by atoms with Crippen molar-refractivity contribution in [3.05, 3.63) is 46.3 Å². The van der Waals surface area contributed by atoms with Crippen molar-refractivity contribution >= 4 is 17.7 Å². The molecule has 1 heterocycles. The number of rotatable bonds is 9. The Balaban J connectivity index is 2.09. The second-order valence-electron chi connectivity index (χ2n) is 6.73. The van der Waals surface area contributed by atoms with Crippen LogP contribution in [0.1, 0.15) is 35.0 Å². The molecule has 0 aliphatic heterocycles. The van der Waals surface area contributed by atoms with Gasteiger partial charge in [-0.05, 0) is 51.1 Å². The standard InChI is InChI=1S/C21H33N5OS/c1-7-22-21(23-13-18-9-8-15(2)12-20(18)28-6)24-14-19-16(3)25-26(17(19)4)10-11-27-5/h8-9,12H,7,10-11,13-14H2,1-6H3,(H2,22,23,24). The first kappa shape index (κ1) is 22.3. The van der Waals surface area contributed by atoms with E-state index in [1.54, 1.807) is 18.9 Å². The number of hydrogen-bond acceptors (Lipinski definition) is 4. The summed E-state index contributed by atoms with van der Waals surface area (Å²) in [4.78, 5) is 6.07. The molecule has 0 fully saturated rings. The first-order valence-electron chi connectivity index (χ1n) is 9.67. The van der Waals surface area contributed by atoms with Crippen LogP contribution < -0.4 is 10.6 Å². The number of nitrogens with one attached hydrogen (secondary N) is 2. The zero-order valence-corrected chi connectivity index (χ0v) is 18.7. The first-order chi connectivity index (χ1) is 13.5. The molecule has 0 spiro atoms. The predicted octanol–water partition coefficient (Wildman–Crippen LogP) is 3.43. The molecule has 7 heteroatoms. The Morgan fingerprint density at radius 1 is 1.25 bits per heavy atom. The number of hydrogen-bond donors (Lipinski definition) is 2. The number of aryl methyl sites for hydroxylation is 2. The Morgan fingerprint density at radius 2 is 2.04 bits per heavy atom. The van der Waals surface area contributed by atoms with E-state index in [4.69, 9.17) is 9.73 Å². The molecule has 0 saturated carbocycles. The Hall–Kier alpha value is -1.99. The highest BCUT2D eigenvalue weighted by atomic mass is 32.2. The van der Waals surface area contributed by atoms with Gasteiger partial charge >= 0.3 is 0 Å². The third-order valence-electron chi connectivity index (χ3n) is 4.67. The summed E-state index contributed by atoms with van der Waals surface area (Å²) < 4.78 is 7.18. The van der Waals surface area contributed by atoms with Crippen LogP contribution in [0.2, 0.25) is 0 Å². The van der Waals surface area contributed by atoms with Crippen LogP contribution in [0.15, 0.2) is 28.1 Å². The molecule has 0 unspecified atom stereocenters. The molecule has 1 aromatic carbocycles. The van der Waals surface area contributed by atoms with E-state index in [1.165, 1.54) is 27.3 Å². The van der Waals surface area contributed by atoms with E-state index in [1.807, 2.05) is 4.68 Å². The van der Waals surface area contributed by atoms with Crippen LogP contribution in [0.5, 0.6) is 0 Å². The number of thioether (sulfide) groups is 1. The van der Waals surface area contributed by atoms with Crippen LogP contribution in [0.25, 0.3) is 0 Å². The molecule has 2 rings (SSSR count). The van der Waals surface area contributed by atoms with Gasteiger partial charge in [0.2, 0.25) is 0 Å². The number of benzene rings is 1. The van der Waals surface area contributed by atoms with Crippen molar-refractivity contribution in [3.63, 3.8) is 0 Å². The van der Waals surface area contributed by atoms with Gasteiger partial charge in [0.25, 0.3) is 0 Å². The average Bonchev–Trinajstić information content (AvgIpc) is 2.96. The zero-order valence-electron chi connectivity index (χ0n) is 17.9. The van der Waals surface area contributed by atoms with Crippen molar-refractivity contribution in [2.75, 3.05) is 26.5 Å². The number of methoxy groups -OCH3 is 1. The lowest BCUT2D eigenvalue weighted by atomic mass is 10.1. The zero-order chi connectivity index (χ0) is 20.5. The molecule has 1 aromatic heterocycles. The number of guanidine groups is 1. The molecular formula is C21H33N5OS. The fourth-order valence-corrected chi connectivity index (χ4v) is 3.74. The third-order valence-corrected chi connectivity index (χ3v) is 5.49. The molecule has 2 N–H and O–H groups in total. The van der Waals surface area contributed by atoms with E-state index in [2.05, 4.69) is 67.9 Å². The highest BCUT2D eigenvalue weighted by molar-refractivity contribution is 7.98. The summed E-state index contributed by atoms with van der Waals surface area (Å²) in [5.41, 5.74) is 5.94. The van der Waals surface area contributed by atoms with E-state index >= 15 is 0 Å². The molecule has 0 radical (unpaired) electrons. The number of nitrogens with zero attached hydrogens (tertiary/aromatic N) is 3. The highest BCUT2D eigenvalue weighted by Gasteiger charge is 2.12. The molecule has 28 heavy (non-hydrogen) atoms. The van der Waals surface area contributed by atoms with Crippen LogP contribution in [0.4, 0.5) is 0 Å². The maximum atomic E-state index is 5.17. The second-order valence-corrected chi connectivity index (χ2v) is 7.58. The van der Waals surface area contributed by atoms with Gasteiger partial charge in [-0.15, -0.1) is 11.8 Å². The van der Waals surface area contributed by atoms with Crippen molar-refractivity contribution in [2.45, 2.75) is 52.2 Å². The van der Waals surface area contributed by atoms with Crippen molar-refractivity contribution < 1.29 is 4.74 Å². The molecule has 0 aliphatic carbocycles. The number of ether oxygens (including phenoxy) is 1. The van der Waals surface area contributed by atoms with Crippen LogP contribution in [-0.2, 0) is 24.4 Å². The summed E-state index contributed by atoms with van der Waals surface area (Å²) in [5.74, 6) is 0.818. The molecule has 0 bridgehead atoms. The smallest absolute Gasteiger partial charge is 0.191 e. The summed E-state index contributed by atoms with van der Waals surface area (Å²) in [7, 11) is 1.71. The van der Waals surface area contributed by atoms with E-state index in [9.17, 15) is 0 Å². The maximum absolute atomic E-state index is 5.17. The van der Waals surface area contributed by atoms with Gasteiger partial charge in [-0.1, -0.05) is 12.1 Å². The summed E-state index contributed by atoms with van der Waals surface area (Å²) in [6.07, 6.45) is 2.11. The minimum absolute atomic E-state index is 0.650. The predicted molar refractivity (Wildman–Crippen MR) is 118 cm³/mol. The van der Waals surface area contributed by atoms with Crippen LogP contribution >= 0.6 is 11.8 Å². The van der Waals surface area contributed by atoms with Crippen molar-refractivity contribution in [2.24, 2.45) is 4.99 Å². The molecule has 2 aromatic rings. The second kappa shape index (κ2) is 11.1. The topological polar surface area (TPSA) is 63.5 Å². The van der Waals surface area contributed by atoms with Crippen LogP contribution in [0, 0.1) is 20.8 Å². The van der Waals surface area contributed by atoms with Crippen LogP contribution in [0.3, 0.4) is 0 Å². The third kappa shape index (κ3) is 6.01. The minimum Gasteiger partial charge on any atom is -0.383 e. The Kier molecular flexibility index (Phi) is 8.86. The summed E-state index contributed by atoms with van der Waals surface area (Å²) >= 11 is 1.77. The van der Waals surface area contributed by atoms with Gasteiger partial charge in [0, 0.05) is 36.4 Å². The average molecular weight is 404 g/mol. The van der Waals surface area contributed by atoms with Crippen molar-refractivity contribution in [3.8, 4) is 0 Å². The van der Waals surface area contributed by atoms with E-state index < -0.39 is 0 Å². The summed E-state index contributed by atoms with van der Waals surface area (Å²) in [6, 6.07) is 6.53. The largest absolute Gasteiger partial charge is 0.383 e. The summed E-state index contributed by atoms with van der Waals surface area (Å²) in [5, 5.41) is 11.4.